The molecule has 0 aliphatic rings. The summed E-state index contributed by atoms with van der Waals surface area (Å²) in [7, 11) is 0. The van der Waals surface area contributed by atoms with E-state index >= 15 is 0 Å². The van der Waals surface area contributed by atoms with Crippen molar-refractivity contribution in [3.8, 4) is 11.4 Å². The van der Waals surface area contributed by atoms with Crippen LogP contribution in [0.3, 0.4) is 0 Å². The highest BCUT2D eigenvalue weighted by Gasteiger charge is 2.07. The Balaban J connectivity index is 2.27. The molecule has 84 valence electrons. The molecule has 3 heterocycles. The summed E-state index contributed by atoms with van der Waals surface area (Å²) in [4.78, 5) is 8.82. The second-order valence-electron chi connectivity index (χ2n) is 3.92. The van der Waals surface area contributed by atoms with Gasteiger partial charge in [-0.2, -0.15) is 0 Å². The van der Waals surface area contributed by atoms with Gasteiger partial charge in [0.25, 0.3) is 0 Å². The van der Waals surface area contributed by atoms with E-state index in [1.165, 1.54) is 5.56 Å². The summed E-state index contributed by atoms with van der Waals surface area (Å²) in [5.74, 6) is 0. The van der Waals surface area contributed by atoms with Crippen LogP contribution in [0.2, 0.25) is 0 Å². The molecule has 0 amide bonds. The van der Waals surface area contributed by atoms with Gasteiger partial charge in [-0.25, -0.2) is 9.97 Å². The van der Waals surface area contributed by atoms with E-state index in [0.29, 0.717) is 0 Å². The number of hydrogen-bond acceptors (Lipinski definition) is 2. The van der Waals surface area contributed by atoms with Gasteiger partial charge in [0.2, 0.25) is 0 Å². The van der Waals surface area contributed by atoms with E-state index < -0.39 is 0 Å². The number of nitrogens with zero attached hydrogens (tertiary/aromatic N) is 3. The number of halogens is 1. The van der Waals surface area contributed by atoms with Crippen molar-refractivity contribution in [1.82, 2.24) is 14.4 Å². The van der Waals surface area contributed by atoms with Gasteiger partial charge in [-0.3, -0.25) is 4.40 Å². The molecule has 0 aliphatic heterocycles. The maximum absolute atomic E-state index is 4.45. The minimum Gasteiger partial charge on any atom is -0.298 e. The second-order valence-corrected chi connectivity index (χ2v) is 4.74. The molecule has 0 bridgehead atoms. The third-order valence-corrected chi connectivity index (χ3v) is 3.07. The lowest BCUT2D eigenvalue weighted by atomic mass is 10.3. The van der Waals surface area contributed by atoms with Crippen LogP contribution >= 0.6 is 15.9 Å². The Morgan fingerprint density at radius 1 is 1.18 bits per heavy atom. The van der Waals surface area contributed by atoms with Crippen LogP contribution in [0.5, 0.6) is 0 Å². The molecule has 0 N–H and O–H groups in total. The lowest BCUT2D eigenvalue weighted by molar-refractivity contribution is 1.14. The zero-order valence-electron chi connectivity index (χ0n) is 9.26. The summed E-state index contributed by atoms with van der Waals surface area (Å²) in [5.41, 5.74) is 4.06. The predicted molar refractivity (Wildman–Crippen MR) is 70.9 cm³/mol. The van der Waals surface area contributed by atoms with Gasteiger partial charge in [0.05, 0.1) is 17.6 Å². The van der Waals surface area contributed by atoms with Crippen LogP contribution in [-0.4, -0.2) is 14.4 Å². The molecule has 0 unspecified atom stereocenters. The van der Waals surface area contributed by atoms with Crippen LogP contribution in [0.15, 0.2) is 47.3 Å². The fourth-order valence-corrected chi connectivity index (χ4v) is 2.17. The van der Waals surface area contributed by atoms with Gasteiger partial charge in [0.15, 0.2) is 0 Å². The Morgan fingerprint density at radius 2 is 2.06 bits per heavy atom. The smallest absolute Gasteiger partial charge is 0.137 e. The van der Waals surface area contributed by atoms with E-state index in [9.17, 15) is 0 Å². The lowest BCUT2D eigenvalue weighted by Gasteiger charge is -2.02. The summed E-state index contributed by atoms with van der Waals surface area (Å²) in [5, 5.41) is 0. The van der Waals surface area contributed by atoms with Crippen molar-refractivity contribution in [2.45, 2.75) is 6.92 Å². The number of hydrogen-bond donors (Lipinski definition) is 0. The van der Waals surface area contributed by atoms with Gasteiger partial charge in [0, 0.05) is 6.20 Å². The predicted octanol–water partition coefficient (Wildman–Crippen LogP) is 3.47. The van der Waals surface area contributed by atoms with Crippen molar-refractivity contribution in [3.05, 3.63) is 52.9 Å². The molecule has 0 spiro atoms. The van der Waals surface area contributed by atoms with Crippen LogP contribution < -0.4 is 0 Å². The van der Waals surface area contributed by atoms with Crippen LogP contribution in [0.25, 0.3) is 17.0 Å². The van der Waals surface area contributed by atoms with Crippen LogP contribution in [0.1, 0.15) is 5.56 Å². The van der Waals surface area contributed by atoms with Crippen molar-refractivity contribution in [2.24, 2.45) is 0 Å². The molecule has 0 radical (unpaired) electrons. The Kier molecular flexibility index (Phi) is 2.44. The Bertz CT molecular complexity index is 688. The van der Waals surface area contributed by atoms with Crippen molar-refractivity contribution in [2.75, 3.05) is 0 Å². The van der Waals surface area contributed by atoms with E-state index in [1.807, 2.05) is 30.5 Å². The van der Waals surface area contributed by atoms with Gasteiger partial charge in [-0.15, -0.1) is 0 Å². The number of pyridine rings is 2. The molecule has 4 heteroatoms. The molecule has 0 fully saturated rings. The van der Waals surface area contributed by atoms with Crippen molar-refractivity contribution >= 4 is 21.6 Å². The number of imidazole rings is 1. The Morgan fingerprint density at radius 3 is 2.88 bits per heavy atom. The second kappa shape index (κ2) is 3.96. The van der Waals surface area contributed by atoms with Gasteiger partial charge in [-0.1, -0.05) is 12.1 Å². The van der Waals surface area contributed by atoms with Crippen molar-refractivity contribution < 1.29 is 0 Å². The zero-order valence-corrected chi connectivity index (χ0v) is 10.8. The first kappa shape index (κ1) is 10.5. The third-order valence-electron chi connectivity index (χ3n) is 2.63. The Labute approximate surface area is 107 Å². The highest BCUT2D eigenvalue weighted by Crippen LogP contribution is 2.20. The summed E-state index contributed by atoms with van der Waals surface area (Å²) >= 11 is 3.39. The molecular weight excluding hydrogens is 278 g/mol. The lowest BCUT2D eigenvalue weighted by Crippen LogP contribution is -1.91. The van der Waals surface area contributed by atoms with Crippen molar-refractivity contribution in [3.63, 3.8) is 0 Å². The standard InChI is InChI=1S/C13H10BrN3/c1-9-5-6-13-15-7-11(17(13)8-9)10-3-2-4-12(14)16-10/h2-8H,1H3. The maximum Gasteiger partial charge on any atom is 0.137 e. The maximum atomic E-state index is 4.45. The molecule has 3 aromatic heterocycles. The summed E-state index contributed by atoms with van der Waals surface area (Å²) < 4.78 is 2.89. The molecular formula is C13H10BrN3. The van der Waals surface area contributed by atoms with Gasteiger partial charge >= 0.3 is 0 Å². The zero-order chi connectivity index (χ0) is 11.8. The molecule has 0 aliphatic carbocycles. The molecule has 0 saturated heterocycles. The van der Waals surface area contributed by atoms with E-state index in [2.05, 4.69) is 49.5 Å². The minimum absolute atomic E-state index is 0.831. The first-order chi connectivity index (χ1) is 8.24. The first-order valence-electron chi connectivity index (χ1n) is 5.31. The normalized spacial score (nSPS) is 10.9. The van der Waals surface area contributed by atoms with Gasteiger partial charge in [0.1, 0.15) is 10.3 Å². The summed E-state index contributed by atoms with van der Waals surface area (Å²) in [6.45, 7) is 2.07. The Hall–Kier alpha value is -1.68. The summed E-state index contributed by atoms with van der Waals surface area (Å²) in [6, 6.07) is 9.94. The molecule has 3 rings (SSSR count). The number of aromatic nitrogens is 3. The SMILES string of the molecule is Cc1ccc2ncc(-c3cccc(Br)n3)n2c1. The number of rotatable bonds is 1. The number of fused-ring (bicyclic) bond motifs is 1. The molecule has 3 nitrogen and oxygen atoms in total. The van der Waals surface area contributed by atoms with Gasteiger partial charge < -0.3 is 0 Å². The largest absolute Gasteiger partial charge is 0.298 e. The number of aryl methyl sites for hydroxylation is 1. The monoisotopic (exact) mass is 287 g/mol. The molecule has 0 aromatic carbocycles. The van der Waals surface area contributed by atoms with Gasteiger partial charge in [-0.05, 0) is 46.6 Å². The van der Waals surface area contributed by atoms with E-state index in [1.54, 1.807) is 0 Å². The van der Waals surface area contributed by atoms with Crippen LogP contribution in [-0.2, 0) is 0 Å². The van der Waals surface area contributed by atoms with E-state index in [0.717, 1.165) is 21.6 Å². The topological polar surface area (TPSA) is 30.2 Å². The van der Waals surface area contributed by atoms with E-state index in [4.69, 9.17) is 0 Å². The quantitative estimate of drug-likeness (QED) is 0.642. The third kappa shape index (κ3) is 1.85. The molecule has 3 aromatic rings. The fourth-order valence-electron chi connectivity index (χ4n) is 1.83. The van der Waals surface area contributed by atoms with Crippen molar-refractivity contribution in [1.29, 1.82) is 0 Å². The van der Waals surface area contributed by atoms with E-state index in [-0.39, 0.29) is 0 Å². The average molecular weight is 288 g/mol. The fraction of sp³-hybridized carbons (Fsp3) is 0.0769. The molecule has 17 heavy (non-hydrogen) atoms. The minimum atomic E-state index is 0.831. The molecule has 0 atom stereocenters. The highest BCUT2D eigenvalue weighted by molar-refractivity contribution is 9.10. The first-order valence-corrected chi connectivity index (χ1v) is 6.10. The molecule has 0 saturated carbocycles. The van der Waals surface area contributed by atoms with Crippen LogP contribution in [0, 0.1) is 6.92 Å². The average Bonchev–Trinajstić information content (AvgIpc) is 2.71. The summed E-state index contributed by atoms with van der Waals surface area (Å²) in [6.07, 6.45) is 3.92. The highest BCUT2D eigenvalue weighted by atomic mass is 79.9. The van der Waals surface area contributed by atoms with Crippen LogP contribution in [0.4, 0.5) is 0 Å².